The van der Waals surface area contributed by atoms with Crippen molar-refractivity contribution >= 4 is 43.8 Å². The molecular weight excluding hydrogens is 342 g/mol. The number of nitrogens with two attached hydrogens (primary N) is 1. The third-order valence-electron chi connectivity index (χ3n) is 4.27. The monoisotopic (exact) mass is 359 g/mol. The molecule has 0 saturated carbocycles. The van der Waals surface area contributed by atoms with Gasteiger partial charge in [0.2, 0.25) is 0 Å². The molecule has 0 aliphatic rings. The van der Waals surface area contributed by atoms with Gasteiger partial charge in [0.05, 0.1) is 5.52 Å². The Balaban J connectivity index is 1.79. The fourth-order valence-corrected chi connectivity index (χ4v) is 3.47. The topological polar surface area (TPSA) is 90.9 Å². The van der Waals surface area contributed by atoms with Gasteiger partial charge in [-0.3, -0.25) is 15.4 Å². The first-order chi connectivity index (χ1) is 12.7. The number of nitrogens with one attached hydrogen (secondary N) is 2. The molecule has 2 heterocycles. The molecule has 2 aromatic carbocycles. The predicted molar refractivity (Wildman–Crippen MR) is 111 cm³/mol. The van der Waals surface area contributed by atoms with Crippen LogP contribution in [0.1, 0.15) is 5.56 Å². The molecule has 2 aromatic heterocycles. The first kappa shape index (κ1) is 16.4. The lowest BCUT2D eigenvalue weighted by molar-refractivity contribution is 1.41. The molecule has 0 bridgehead atoms. The third-order valence-corrected chi connectivity index (χ3v) is 5.10. The summed E-state index contributed by atoms with van der Waals surface area (Å²) in [5.74, 6) is 0. The molecule has 26 heavy (non-hydrogen) atoms. The highest BCUT2D eigenvalue weighted by molar-refractivity contribution is 8.26. The lowest BCUT2D eigenvalue weighted by Crippen LogP contribution is -2.10. The van der Waals surface area contributed by atoms with E-state index in [1.807, 2.05) is 48.8 Å². The number of hydrogen-bond acceptors (Lipinski definition) is 4. The number of benzene rings is 2. The maximum absolute atomic E-state index is 8.25. The smallest absolute Gasteiger partial charge is 0.160 e. The van der Waals surface area contributed by atoms with Gasteiger partial charge in [0.25, 0.3) is 0 Å². The van der Waals surface area contributed by atoms with Crippen molar-refractivity contribution < 1.29 is 0 Å². The average Bonchev–Trinajstić information content (AvgIpc) is 3.10. The van der Waals surface area contributed by atoms with E-state index in [2.05, 4.69) is 27.1 Å². The predicted octanol–water partition coefficient (Wildman–Crippen LogP) is 4.39. The number of thioether (sulfide) groups is 1. The van der Waals surface area contributed by atoms with Crippen molar-refractivity contribution in [1.82, 2.24) is 9.97 Å². The molecular formula is C20H17N5S. The van der Waals surface area contributed by atoms with E-state index in [0.717, 1.165) is 50.3 Å². The maximum atomic E-state index is 8.25. The van der Waals surface area contributed by atoms with Crippen LogP contribution in [0.3, 0.4) is 0 Å². The van der Waals surface area contributed by atoms with Crippen LogP contribution in [0.2, 0.25) is 0 Å². The highest BCUT2D eigenvalue weighted by Gasteiger charge is 2.11. The number of para-hydroxylation sites is 1. The SMILES string of the molecule is CN=C(N)SC(=N)c1ccc2[nH]cc(-c3cnc4ccccc4c3)c2c1. The molecule has 0 unspecified atom stereocenters. The van der Waals surface area contributed by atoms with Gasteiger partial charge in [0, 0.05) is 52.4 Å². The van der Waals surface area contributed by atoms with Gasteiger partial charge in [-0.15, -0.1) is 0 Å². The lowest BCUT2D eigenvalue weighted by Gasteiger charge is -2.05. The van der Waals surface area contributed by atoms with Crippen LogP contribution in [0.25, 0.3) is 32.9 Å². The second-order valence-electron chi connectivity index (χ2n) is 5.87. The van der Waals surface area contributed by atoms with Crippen LogP contribution in [0.15, 0.2) is 65.9 Å². The van der Waals surface area contributed by atoms with E-state index < -0.39 is 0 Å². The minimum Gasteiger partial charge on any atom is -0.378 e. The van der Waals surface area contributed by atoms with Crippen LogP contribution in [0.4, 0.5) is 0 Å². The van der Waals surface area contributed by atoms with E-state index in [1.165, 1.54) is 0 Å². The molecule has 4 N–H and O–H groups in total. The molecule has 4 aromatic rings. The van der Waals surface area contributed by atoms with E-state index in [-0.39, 0.29) is 0 Å². The first-order valence-corrected chi connectivity index (χ1v) is 8.92. The minimum absolute atomic E-state index is 0.374. The molecule has 4 rings (SSSR count). The molecule has 0 amide bonds. The fourth-order valence-electron chi connectivity index (χ4n) is 2.93. The standard InChI is InChI=1S/C20H17N5S/c1-23-20(22)26-19(21)13-6-7-18-15(9-13)16(11-25-18)14-8-12-4-2-3-5-17(12)24-10-14/h2-11,21,25H,1H3,(H2,22,23). The second-order valence-corrected chi connectivity index (χ2v) is 6.90. The first-order valence-electron chi connectivity index (χ1n) is 8.11. The van der Waals surface area contributed by atoms with Crippen molar-refractivity contribution in [2.45, 2.75) is 0 Å². The van der Waals surface area contributed by atoms with Gasteiger partial charge in [-0.1, -0.05) is 24.3 Å². The number of amidine groups is 1. The van der Waals surface area contributed by atoms with Crippen LogP contribution in [0.5, 0.6) is 0 Å². The molecule has 6 heteroatoms. The van der Waals surface area contributed by atoms with Crippen LogP contribution in [-0.4, -0.2) is 27.2 Å². The van der Waals surface area contributed by atoms with Gasteiger partial charge in [0.1, 0.15) is 5.04 Å². The summed E-state index contributed by atoms with van der Waals surface area (Å²) in [6.07, 6.45) is 3.87. The Bertz CT molecular complexity index is 1160. The third kappa shape index (κ3) is 2.95. The largest absolute Gasteiger partial charge is 0.378 e. The van der Waals surface area contributed by atoms with Crippen LogP contribution in [0, 0.1) is 5.41 Å². The highest BCUT2D eigenvalue weighted by atomic mass is 32.2. The van der Waals surface area contributed by atoms with Gasteiger partial charge in [-0.05, 0) is 36.0 Å². The normalized spacial score (nSPS) is 12.0. The molecule has 0 aliphatic carbocycles. The number of rotatable bonds is 2. The summed E-state index contributed by atoms with van der Waals surface area (Å²) >= 11 is 1.16. The van der Waals surface area contributed by atoms with Crippen LogP contribution in [-0.2, 0) is 0 Å². The molecule has 128 valence electrons. The van der Waals surface area contributed by atoms with Crippen molar-refractivity contribution in [3.05, 3.63) is 66.5 Å². The summed E-state index contributed by atoms with van der Waals surface area (Å²) in [5.41, 5.74) is 10.6. The van der Waals surface area contributed by atoms with E-state index in [9.17, 15) is 0 Å². The lowest BCUT2D eigenvalue weighted by atomic mass is 10.0. The Morgan fingerprint density at radius 1 is 1.19 bits per heavy atom. The summed E-state index contributed by atoms with van der Waals surface area (Å²) < 4.78 is 0. The van der Waals surface area contributed by atoms with Crippen LogP contribution >= 0.6 is 11.8 Å². The number of aromatic amines is 1. The second kappa shape index (κ2) is 6.65. The molecule has 0 aliphatic heterocycles. The van der Waals surface area contributed by atoms with E-state index in [1.54, 1.807) is 7.05 Å². The molecule has 5 nitrogen and oxygen atoms in total. The van der Waals surface area contributed by atoms with Gasteiger partial charge in [0.15, 0.2) is 5.17 Å². The van der Waals surface area contributed by atoms with E-state index in [0.29, 0.717) is 10.2 Å². The number of aromatic nitrogens is 2. The van der Waals surface area contributed by atoms with Gasteiger partial charge < -0.3 is 10.7 Å². The zero-order valence-corrected chi connectivity index (χ0v) is 15.0. The molecule has 0 fully saturated rings. The summed E-state index contributed by atoms with van der Waals surface area (Å²) in [5, 5.41) is 11.2. The number of aliphatic imine (C=N–C) groups is 1. The van der Waals surface area contributed by atoms with Gasteiger partial charge in [-0.2, -0.15) is 0 Å². The van der Waals surface area contributed by atoms with Crippen molar-refractivity contribution in [3.8, 4) is 11.1 Å². The quantitative estimate of drug-likeness (QED) is 0.366. The summed E-state index contributed by atoms with van der Waals surface area (Å²) in [7, 11) is 1.62. The number of pyridine rings is 1. The Hall–Kier alpha value is -3.12. The summed E-state index contributed by atoms with van der Waals surface area (Å²) in [4.78, 5) is 11.8. The molecule has 0 saturated heterocycles. The minimum atomic E-state index is 0.374. The van der Waals surface area contributed by atoms with Crippen molar-refractivity contribution in [2.75, 3.05) is 7.05 Å². The number of nitrogens with zero attached hydrogens (tertiary/aromatic N) is 2. The van der Waals surface area contributed by atoms with Gasteiger partial charge >= 0.3 is 0 Å². The number of H-pyrrole nitrogens is 1. The molecule has 0 radical (unpaired) electrons. The van der Waals surface area contributed by atoms with Gasteiger partial charge in [-0.25, -0.2) is 0 Å². The molecule has 0 spiro atoms. The van der Waals surface area contributed by atoms with E-state index >= 15 is 0 Å². The van der Waals surface area contributed by atoms with E-state index in [4.69, 9.17) is 11.1 Å². The highest BCUT2D eigenvalue weighted by Crippen LogP contribution is 2.31. The Morgan fingerprint density at radius 2 is 2.04 bits per heavy atom. The zero-order valence-electron chi connectivity index (χ0n) is 14.2. The summed E-state index contributed by atoms with van der Waals surface area (Å²) in [6, 6.07) is 16.1. The average molecular weight is 359 g/mol. The van der Waals surface area contributed by atoms with Crippen molar-refractivity contribution in [1.29, 1.82) is 5.41 Å². The Labute approximate surface area is 154 Å². The fraction of sp³-hybridized carbons (Fsp3) is 0.0500. The number of fused-ring (bicyclic) bond motifs is 2. The summed E-state index contributed by atoms with van der Waals surface area (Å²) in [6.45, 7) is 0. The van der Waals surface area contributed by atoms with Crippen molar-refractivity contribution in [3.63, 3.8) is 0 Å². The van der Waals surface area contributed by atoms with Crippen molar-refractivity contribution in [2.24, 2.45) is 10.7 Å². The van der Waals surface area contributed by atoms with Crippen LogP contribution < -0.4 is 5.73 Å². The Morgan fingerprint density at radius 3 is 2.88 bits per heavy atom. The molecule has 0 atom stereocenters. The Kier molecular flexibility index (Phi) is 4.18. The number of hydrogen-bond donors (Lipinski definition) is 3. The maximum Gasteiger partial charge on any atom is 0.160 e. The zero-order chi connectivity index (χ0) is 18.1.